The summed E-state index contributed by atoms with van der Waals surface area (Å²) in [5.41, 5.74) is 1.05. The van der Waals surface area contributed by atoms with Gasteiger partial charge >= 0.3 is 0 Å². The van der Waals surface area contributed by atoms with Gasteiger partial charge in [-0.1, -0.05) is 45.2 Å². The van der Waals surface area contributed by atoms with Crippen molar-refractivity contribution >= 4 is 61.9 Å². The monoisotopic (exact) mass is 428 g/mol. The van der Waals surface area contributed by atoms with E-state index >= 15 is 0 Å². The Labute approximate surface area is 143 Å². The Morgan fingerprint density at radius 1 is 1.37 bits per heavy atom. The van der Waals surface area contributed by atoms with E-state index in [0.29, 0.717) is 5.92 Å². The van der Waals surface area contributed by atoms with Crippen molar-refractivity contribution < 1.29 is 0 Å². The van der Waals surface area contributed by atoms with Crippen molar-refractivity contribution in [2.75, 3.05) is 25.5 Å². The molecule has 1 aromatic rings. The highest BCUT2D eigenvalue weighted by Crippen LogP contribution is 2.37. The summed E-state index contributed by atoms with van der Waals surface area (Å²) in [6.07, 6.45) is 0.910. The zero-order chi connectivity index (χ0) is 13.1. The Morgan fingerprint density at radius 3 is 2.58 bits per heavy atom. The summed E-state index contributed by atoms with van der Waals surface area (Å²) >= 11 is 15.9. The molecule has 1 atom stereocenters. The van der Waals surface area contributed by atoms with E-state index in [0.717, 1.165) is 46.3 Å². The molecule has 0 bridgehead atoms. The number of hydrogen-bond donors (Lipinski definition) is 0. The second-order valence-electron chi connectivity index (χ2n) is 4.40. The van der Waals surface area contributed by atoms with Crippen LogP contribution in [0.15, 0.2) is 23.2 Å². The van der Waals surface area contributed by atoms with Crippen LogP contribution in [0.25, 0.3) is 0 Å². The molecule has 0 aliphatic carbocycles. The van der Waals surface area contributed by atoms with Crippen LogP contribution in [-0.4, -0.2) is 36.2 Å². The van der Waals surface area contributed by atoms with Crippen LogP contribution in [0.1, 0.15) is 17.9 Å². The molecule has 1 saturated heterocycles. The number of rotatable bonds is 3. The van der Waals surface area contributed by atoms with Crippen LogP contribution in [-0.2, 0) is 0 Å². The molecular weight excluding hydrogens is 415 g/mol. The van der Waals surface area contributed by atoms with Crippen molar-refractivity contribution in [3.63, 3.8) is 0 Å². The summed E-state index contributed by atoms with van der Waals surface area (Å²) in [7, 11) is 2.07. The standard InChI is InChI=1S/C13H15BrCl2N2.BrH/c1-18-8-9(7-12(18)17-6-5-14)13-10(15)3-2-4-11(13)16;/h2-4,9H,5-8H2,1H3;1H. The van der Waals surface area contributed by atoms with Gasteiger partial charge in [-0.3, -0.25) is 4.99 Å². The Hall–Kier alpha value is 0.230. The van der Waals surface area contributed by atoms with Gasteiger partial charge in [0.25, 0.3) is 0 Å². The molecule has 0 spiro atoms. The van der Waals surface area contributed by atoms with E-state index in [1.807, 2.05) is 18.2 Å². The molecule has 106 valence electrons. The second-order valence-corrected chi connectivity index (χ2v) is 6.01. The van der Waals surface area contributed by atoms with Gasteiger partial charge in [-0.25, -0.2) is 0 Å². The normalized spacial score (nSPS) is 20.7. The van der Waals surface area contributed by atoms with E-state index < -0.39 is 0 Å². The average Bonchev–Trinajstić information content (AvgIpc) is 2.67. The highest BCUT2D eigenvalue weighted by Gasteiger charge is 2.29. The van der Waals surface area contributed by atoms with Crippen LogP contribution in [0.4, 0.5) is 0 Å². The molecule has 6 heteroatoms. The van der Waals surface area contributed by atoms with Crippen LogP contribution in [0.2, 0.25) is 10.0 Å². The van der Waals surface area contributed by atoms with Gasteiger partial charge < -0.3 is 4.90 Å². The minimum atomic E-state index is 0. The number of aliphatic imine (C=N–C) groups is 1. The molecule has 1 fully saturated rings. The largest absolute Gasteiger partial charge is 0.363 e. The molecule has 2 nitrogen and oxygen atoms in total. The lowest BCUT2D eigenvalue weighted by molar-refractivity contribution is 0.519. The van der Waals surface area contributed by atoms with E-state index in [2.05, 4.69) is 32.9 Å². The topological polar surface area (TPSA) is 15.6 Å². The molecule has 0 amide bonds. The van der Waals surface area contributed by atoms with Gasteiger partial charge in [-0.2, -0.15) is 0 Å². The second kappa shape index (κ2) is 7.87. The summed E-state index contributed by atoms with van der Waals surface area (Å²) < 4.78 is 0. The summed E-state index contributed by atoms with van der Waals surface area (Å²) in [6, 6.07) is 5.68. The fraction of sp³-hybridized carbons (Fsp3) is 0.462. The maximum Gasteiger partial charge on any atom is 0.0993 e. The van der Waals surface area contributed by atoms with Crippen molar-refractivity contribution in [3.05, 3.63) is 33.8 Å². The van der Waals surface area contributed by atoms with E-state index in [9.17, 15) is 0 Å². The molecule has 19 heavy (non-hydrogen) atoms. The molecule has 1 aliphatic rings. The van der Waals surface area contributed by atoms with Gasteiger partial charge in [-0.15, -0.1) is 17.0 Å². The molecule has 2 rings (SSSR count). The van der Waals surface area contributed by atoms with Gasteiger partial charge in [-0.05, 0) is 17.7 Å². The van der Waals surface area contributed by atoms with E-state index in [-0.39, 0.29) is 17.0 Å². The number of likely N-dealkylation sites (N-methyl/N-ethyl adjacent to an activating group) is 1. The highest BCUT2D eigenvalue weighted by atomic mass is 79.9. The molecule has 1 unspecified atom stereocenters. The quantitative estimate of drug-likeness (QED) is 0.630. The van der Waals surface area contributed by atoms with Gasteiger partial charge in [0.05, 0.1) is 12.4 Å². The summed E-state index contributed by atoms with van der Waals surface area (Å²) in [5.74, 6) is 1.47. The van der Waals surface area contributed by atoms with Crippen LogP contribution < -0.4 is 0 Å². The first kappa shape index (κ1) is 17.3. The maximum atomic E-state index is 6.26. The van der Waals surface area contributed by atoms with Crippen molar-refractivity contribution in [3.8, 4) is 0 Å². The lowest BCUT2D eigenvalue weighted by Gasteiger charge is -2.14. The number of benzene rings is 1. The van der Waals surface area contributed by atoms with Gasteiger partial charge in [0.1, 0.15) is 0 Å². The molecule has 0 saturated carbocycles. The minimum Gasteiger partial charge on any atom is -0.363 e. The lowest BCUT2D eigenvalue weighted by atomic mass is 9.98. The highest BCUT2D eigenvalue weighted by molar-refractivity contribution is 9.09. The third-order valence-corrected chi connectivity index (χ3v) is 4.16. The van der Waals surface area contributed by atoms with Gasteiger partial charge in [0, 0.05) is 41.3 Å². The Bertz CT molecular complexity index is 446. The van der Waals surface area contributed by atoms with Crippen molar-refractivity contribution in [2.24, 2.45) is 4.99 Å². The fourth-order valence-corrected chi connectivity index (χ4v) is 3.21. The third kappa shape index (κ3) is 4.10. The predicted octanol–water partition coefficient (Wildman–Crippen LogP) is 4.78. The summed E-state index contributed by atoms with van der Waals surface area (Å²) in [6.45, 7) is 1.73. The number of nitrogens with zero attached hydrogens (tertiary/aromatic N) is 2. The first-order valence-electron chi connectivity index (χ1n) is 5.87. The van der Waals surface area contributed by atoms with E-state index in [1.54, 1.807) is 0 Å². The number of alkyl halides is 1. The Kier molecular flexibility index (Phi) is 7.15. The molecule has 0 N–H and O–H groups in total. The molecule has 1 aromatic carbocycles. The molecule has 0 radical (unpaired) electrons. The zero-order valence-electron chi connectivity index (χ0n) is 10.6. The Balaban J connectivity index is 0.00000180. The first-order valence-corrected chi connectivity index (χ1v) is 7.75. The van der Waals surface area contributed by atoms with Crippen LogP contribution in [0, 0.1) is 0 Å². The smallest absolute Gasteiger partial charge is 0.0993 e. The Morgan fingerprint density at radius 2 is 2.00 bits per heavy atom. The summed E-state index contributed by atoms with van der Waals surface area (Å²) in [5, 5.41) is 2.40. The van der Waals surface area contributed by atoms with Gasteiger partial charge in [0.2, 0.25) is 0 Å². The van der Waals surface area contributed by atoms with Crippen molar-refractivity contribution in [1.29, 1.82) is 0 Å². The van der Waals surface area contributed by atoms with Crippen LogP contribution >= 0.6 is 56.1 Å². The van der Waals surface area contributed by atoms with Crippen LogP contribution in [0.5, 0.6) is 0 Å². The minimum absolute atomic E-state index is 0. The third-order valence-electron chi connectivity index (χ3n) is 3.15. The predicted molar refractivity (Wildman–Crippen MR) is 92.9 cm³/mol. The molecule has 0 aromatic heterocycles. The van der Waals surface area contributed by atoms with Crippen molar-refractivity contribution in [2.45, 2.75) is 12.3 Å². The first-order chi connectivity index (χ1) is 8.63. The average molecular weight is 431 g/mol. The summed E-state index contributed by atoms with van der Waals surface area (Å²) in [4.78, 5) is 6.75. The molecule has 1 aliphatic heterocycles. The zero-order valence-corrected chi connectivity index (χ0v) is 15.4. The van der Waals surface area contributed by atoms with Crippen molar-refractivity contribution in [1.82, 2.24) is 4.90 Å². The number of hydrogen-bond acceptors (Lipinski definition) is 1. The lowest BCUT2D eigenvalue weighted by Crippen LogP contribution is -2.20. The molecular formula is C13H16Br2Cl2N2. The van der Waals surface area contributed by atoms with E-state index in [4.69, 9.17) is 23.2 Å². The number of amidine groups is 1. The fourth-order valence-electron chi connectivity index (χ4n) is 2.33. The van der Waals surface area contributed by atoms with Crippen LogP contribution in [0.3, 0.4) is 0 Å². The van der Waals surface area contributed by atoms with Gasteiger partial charge in [0.15, 0.2) is 0 Å². The van der Waals surface area contributed by atoms with E-state index in [1.165, 1.54) is 0 Å². The SMILES string of the molecule is Br.CN1CC(c2c(Cl)cccc2Cl)CC1=NCCBr. The molecule has 1 heterocycles. The number of halogens is 4. The number of likely N-dealkylation sites (tertiary alicyclic amines) is 1. The maximum absolute atomic E-state index is 6.26.